The van der Waals surface area contributed by atoms with Crippen molar-refractivity contribution in [3.63, 3.8) is 0 Å². The maximum absolute atomic E-state index is 5.50. The highest BCUT2D eigenvalue weighted by molar-refractivity contribution is 5.82. The molecule has 0 unspecified atom stereocenters. The Bertz CT molecular complexity index is 772. The number of ether oxygens (including phenoxy) is 2. The molecule has 0 aliphatic rings. The van der Waals surface area contributed by atoms with Crippen LogP contribution in [0.1, 0.15) is 6.92 Å². The van der Waals surface area contributed by atoms with Crippen molar-refractivity contribution in [1.82, 2.24) is 9.97 Å². The summed E-state index contributed by atoms with van der Waals surface area (Å²) in [5.41, 5.74) is 1.77. The van der Waals surface area contributed by atoms with Gasteiger partial charge in [-0.25, -0.2) is 9.97 Å². The minimum atomic E-state index is 0.584. The standard InChI is InChI=1S/C17H17N3O2/c1-3-22-14-6-7-15-12(10-14)4-8-16(20-15)19-13-5-9-17(21-2)18-11-13/h4-11H,3H2,1-2H3,(H,19,20). The summed E-state index contributed by atoms with van der Waals surface area (Å²) in [6, 6.07) is 13.5. The van der Waals surface area contributed by atoms with E-state index in [0.29, 0.717) is 12.5 Å². The summed E-state index contributed by atoms with van der Waals surface area (Å²) in [7, 11) is 1.59. The molecule has 0 spiro atoms. The summed E-state index contributed by atoms with van der Waals surface area (Å²) in [6.45, 7) is 2.63. The van der Waals surface area contributed by atoms with Gasteiger partial charge in [0.25, 0.3) is 0 Å². The van der Waals surface area contributed by atoms with E-state index in [2.05, 4.69) is 15.3 Å². The first-order valence-electron chi connectivity index (χ1n) is 7.09. The highest BCUT2D eigenvalue weighted by atomic mass is 16.5. The number of aromatic nitrogens is 2. The second kappa shape index (κ2) is 6.30. The summed E-state index contributed by atoms with van der Waals surface area (Å²) in [5, 5.41) is 4.27. The van der Waals surface area contributed by atoms with Gasteiger partial charge in [0.1, 0.15) is 11.6 Å². The molecule has 0 saturated heterocycles. The first-order valence-corrected chi connectivity index (χ1v) is 7.09. The highest BCUT2D eigenvalue weighted by Crippen LogP contribution is 2.23. The first-order chi connectivity index (χ1) is 10.8. The molecular weight excluding hydrogens is 278 g/mol. The van der Waals surface area contributed by atoms with Gasteiger partial charge in [-0.1, -0.05) is 0 Å². The molecule has 112 valence electrons. The molecule has 5 heteroatoms. The van der Waals surface area contributed by atoms with E-state index in [1.165, 1.54) is 0 Å². The van der Waals surface area contributed by atoms with Gasteiger partial charge in [0.2, 0.25) is 5.88 Å². The molecule has 0 radical (unpaired) electrons. The molecule has 1 aromatic carbocycles. The van der Waals surface area contributed by atoms with Gasteiger partial charge in [-0.2, -0.15) is 0 Å². The van der Waals surface area contributed by atoms with Crippen LogP contribution in [0.2, 0.25) is 0 Å². The lowest BCUT2D eigenvalue weighted by atomic mass is 10.2. The van der Waals surface area contributed by atoms with E-state index in [1.54, 1.807) is 19.4 Å². The Labute approximate surface area is 128 Å². The number of methoxy groups -OCH3 is 1. The maximum atomic E-state index is 5.50. The van der Waals surface area contributed by atoms with Crippen molar-refractivity contribution in [2.75, 3.05) is 19.0 Å². The number of hydrogen-bond acceptors (Lipinski definition) is 5. The molecule has 0 aliphatic carbocycles. The molecular formula is C17H17N3O2. The van der Waals surface area contributed by atoms with E-state index in [4.69, 9.17) is 9.47 Å². The van der Waals surface area contributed by atoms with E-state index >= 15 is 0 Å². The minimum absolute atomic E-state index is 0.584. The molecule has 2 aromatic heterocycles. The third-order valence-electron chi connectivity index (χ3n) is 3.19. The van der Waals surface area contributed by atoms with E-state index in [1.807, 2.05) is 43.3 Å². The maximum Gasteiger partial charge on any atom is 0.213 e. The zero-order chi connectivity index (χ0) is 15.4. The highest BCUT2D eigenvalue weighted by Gasteiger charge is 2.02. The predicted octanol–water partition coefficient (Wildman–Crippen LogP) is 3.78. The van der Waals surface area contributed by atoms with Crippen LogP contribution >= 0.6 is 0 Å². The zero-order valence-electron chi connectivity index (χ0n) is 12.5. The van der Waals surface area contributed by atoms with Gasteiger partial charge in [0, 0.05) is 11.5 Å². The van der Waals surface area contributed by atoms with Gasteiger partial charge in [0.15, 0.2) is 0 Å². The summed E-state index contributed by atoms with van der Waals surface area (Å²) in [4.78, 5) is 8.75. The fraction of sp³-hybridized carbons (Fsp3) is 0.176. The lowest BCUT2D eigenvalue weighted by molar-refractivity contribution is 0.340. The second-order valence-corrected chi connectivity index (χ2v) is 4.70. The number of hydrogen-bond donors (Lipinski definition) is 1. The van der Waals surface area contributed by atoms with Crippen LogP contribution in [0.15, 0.2) is 48.7 Å². The van der Waals surface area contributed by atoms with Crippen molar-refractivity contribution in [3.05, 3.63) is 48.7 Å². The summed E-state index contributed by atoms with van der Waals surface area (Å²) in [5.74, 6) is 2.21. The minimum Gasteiger partial charge on any atom is -0.494 e. The number of rotatable bonds is 5. The Hall–Kier alpha value is -2.82. The second-order valence-electron chi connectivity index (χ2n) is 4.70. The SMILES string of the molecule is CCOc1ccc2nc(Nc3ccc(OC)nc3)ccc2c1. The average molecular weight is 295 g/mol. The quantitative estimate of drug-likeness (QED) is 0.776. The lowest BCUT2D eigenvalue weighted by Crippen LogP contribution is -1.96. The number of nitrogens with zero attached hydrogens (tertiary/aromatic N) is 2. The fourth-order valence-electron chi connectivity index (χ4n) is 2.15. The van der Waals surface area contributed by atoms with E-state index in [0.717, 1.165) is 28.2 Å². The fourth-order valence-corrected chi connectivity index (χ4v) is 2.15. The Kier molecular flexibility index (Phi) is 4.05. The number of benzene rings is 1. The molecule has 0 fully saturated rings. The molecule has 0 amide bonds. The molecule has 0 aliphatic heterocycles. The molecule has 22 heavy (non-hydrogen) atoms. The van der Waals surface area contributed by atoms with Crippen molar-refractivity contribution in [2.24, 2.45) is 0 Å². The Morgan fingerprint density at radius 2 is 2.00 bits per heavy atom. The molecule has 3 aromatic rings. The van der Waals surface area contributed by atoms with E-state index in [-0.39, 0.29) is 0 Å². The normalized spacial score (nSPS) is 10.5. The number of anilines is 2. The van der Waals surface area contributed by atoms with Crippen LogP contribution in [-0.2, 0) is 0 Å². The number of pyridine rings is 2. The number of fused-ring (bicyclic) bond motifs is 1. The Balaban J connectivity index is 1.83. The molecule has 3 rings (SSSR count). The van der Waals surface area contributed by atoms with Gasteiger partial charge in [-0.15, -0.1) is 0 Å². The van der Waals surface area contributed by atoms with Crippen LogP contribution in [0.5, 0.6) is 11.6 Å². The van der Waals surface area contributed by atoms with E-state index < -0.39 is 0 Å². The summed E-state index contributed by atoms with van der Waals surface area (Å²) < 4.78 is 10.5. The molecule has 0 saturated carbocycles. The van der Waals surface area contributed by atoms with Gasteiger partial charge in [-0.3, -0.25) is 0 Å². The first kappa shape index (κ1) is 14.1. The van der Waals surface area contributed by atoms with Gasteiger partial charge < -0.3 is 14.8 Å². The van der Waals surface area contributed by atoms with Gasteiger partial charge >= 0.3 is 0 Å². The third kappa shape index (κ3) is 3.09. The van der Waals surface area contributed by atoms with Gasteiger partial charge in [-0.05, 0) is 43.3 Å². The van der Waals surface area contributed by atoms with Crippen molar-refractivity contribution in [2.45, 2.75) is 6.92 Å². The average Bonchev–Trinajstić information content (AvgIpc) is 2.56. The Morgan fingerprint density at radius 1 is 1.09 bits per heavy atom. The van der Waals surface area contributed by atoms with E-state index in [9.17, 15) is 0 Å². The summed E-state index contributed by atoms with van der Waals surface area (Å²) >= 11 is 0. The zero-order valence-corrected chi connectivity index (χ0v) is 12.5. The van der Waals surface area contributed by atoms with Crippen LogP contribution in [-0.4, -0.2) is 23.7 Å². The molecule has 0 atom stereocenters. The Morgan fingerprint density at radius 3 is 2.73 bits per heavy atom. The van der Waals surface area contributed by atoms with Crippen LogP contribution in [0, 0.1) is 0 Å². The van der Waals surface area contributed by atoms with Crippen molar-refractivity contribution < 1.29 is 9.47 Å². The number of nitrogens with one attached hydrogen (secondary N) is 1. The van der Waals surface area contributed by atoms with Crippen molar-refractivity contribution >= 4 is 22.4 Å². The predicted molar refractivity (Wildman–Crippen MR) is 87.0 cm³/mol. The van der Waals surface area contributed by atoms with Crippen LogP contribution in [0.4, 0.5) is 11.5 Å². The third-order valence-corrected chi connectivity index (χ3v) is 3.19. The van der Waals surface area contributed by atoms with Crippen LogP contribution in [0.3, 0.4) is 0 Å². The topological polar surface area (TPSA) is 56.3 Å². The van der Waals surface area contributed by atoms with Crippen LogP contribution < -0.4 is 14.8 Å². The summed E-state index contributed by atoms with van der Waals surface area (Å²) in [6.07, 6.45) is 1.71. The monoisotopic (exact) mass is 295 g/mol. The molecule has 1 N–H and O–H groups in total. The van der Waals surface area contributed by atoms with Crippen LogP contribution in [0.25, 0.3) is 10.9 Å². The lowest BCUT2D eigenvalue weighted by Gasteiger charge is -2.08. The van der Waals surface area contributed by atoms with Crippen molar-refractivity contribution in [3.8, 4) is 11.6 Å². The molecule has 0 bridgehead atoms. The van der Waals surface area contributed by atoms with Crippen molar-refractivity contribution in [1.29, 1.82) is 0 Å². The smallest absolute Gasteiger partial charge is 0.213 e. The molecule has 2 heterocycles. The largest absolute Gasteiger partial charge is 0.494 e. The molecule has 5 nitrogen and oxygen atoms in total. The van der Waals surface area contributed by atoms with Gasteiger partial charge in [0.05, 0.1) is 31.1 Å².